The fraction of sp³-hybridized carbons (Fsp3) is 0.125. The molecule has 0 aliphatic rings. The highest BCUT2D eigenvalue weighted by Gasteiger charge is 2.19. The zero-order chi connectivity index (χ0) is 20.6. The number of hydrogen-bond donors (Lipinski definition) is 2. The molecule has 0 heterocycles. The second-order valence-corrected chi connectivity index (χ2v) is 6.69. The van der Waals surface area contributed by atoms with E-state index < -0.39 is 6.04 Å². The Morgan fingerprint density at radius 3 is 2.07 bits per heavy atom. The Balaban J connectivity index is 1.74. The molecule has 0 saturated carbocycles. The lowest BCUT2D eigenvalue weighted by molar-refractivity contribution is -0.116. The average molecular weight is 386 g/mol. The van der Waals surface area contributed by atoms with E-state index in [4.69, 9.17) is 0 Å². The van der Waals surface area contributed by atoms with E-state index in [2.05, 4.69) is 10.6 Å². The van der Waals surface area contributed by atoms with Gasteiger partial charge < -0.3 is 10.6 Å². The third-order valence-corrected chi connectivity index (χ3v) is 4.49. The first kappa shape index (κ1) is 20.0. The molecular weight excluding hydrogens is 364 g/mol. The smallest absolute Gasteiger partial charge is 0.251 e. The van der Waals surface area contributed by atoms with E-state index >= 15 is 0 Å². The Morgan fingerprint density at radius 1 is 0.793 bits per heavy atom. The van der Waals surface area contributed by atoms with Crippen LogP contribution < -0.4 is 10.6 Å². The van der Waals surface area contributed by atoms with Gasteiger partial charge in [0.1, 0.15) is 0 Å². The van der Waals surface area contributed by atoms with Crippen LogP contribution in [0, 0.1) is 0 Å². The summed E-state index contributed by atoms with van der Waals surface area (Å²) in [5.74, 6) is -0.572. The van der Waals surface area contributed by atoms with Crippen LogP contribution in [0.15, 0.2) is 84.9 Å². The van der Waals surface area contributed by atoms with Gasteiger partial charge in [-0.2, -0.15) is 0 Å². The summed E-state index contributed by atoms with van der Waals surface area (Å²) in [5.41, 5.74) is 2.44. The van der Waals surface area contributed by atoms with Gasteiger partial charge in [-0.1, -0.05) is 60.7 Å². The summed E-state index contributed by atoms with van der Waals surface area (Å²) in [5, 5.41) is 5.75. The van der Waals surface area contributed by atoms with Crippen LogP contribution in [0.3, 0.4) is 0 Å². The van der Waals surface area contributed by atoms with Crippen molar-refractivity contribution in [3.8, 4) is 0 Å². The van der Waals surface area contributed by atoms with E-state index in [0.29, 0.717) is 16.8 Å². The van der Waals surface area contributed by atoms with Gasteiger partial charge in [-0.15, -0.1) is 0 Å². The molecule has 146 valence electrons. The fourth-order valence-corrected chi connectivity index (χ4v) is 2.98. The van der Waals surface area contributed by atoms with E-state index in [9.17, 15) is 14.4 Å². The van der Waals surface area contributed by atoms with Crippen LogP contribution in [0.25, 0.3) is 0 Å². The number of benzene rings is 3. The minimum atomic E-state index is -0.486. The van der Waals surface area contributed by atoms with E-state index in [-0.39, 0.29) is 24.0 Å². The molecule has 0 bridgehead atoms. The van der Waals surface area contributed by atoms with Crippen LogP contribution in [0.4, 0.5) is 5.69 Å². The van der Waals surface area contributed by atoms with Gasteiger partial charge >= 0.3 is 0 Å². The molecule has 1 atom stereocenters. The summed E-state index contributed by atoms with van der Waals surface area (Å²) in [7, 11) is 0. The minimum Gasteiger partial charge on any atom is -0.345 e. The highest BCUT2D eigenvalue weighted by molar-refractivity contribution is 5.98. The Bertz CT molecular complexity index is 1000. The Morgan fingerprint density at radius 2 is 1.41 bits per heavy atom. The normalized spacial score (nSPS) is 11.3. The van der Waals surface area contributed by atoms with Gasteiger partial charge in [0.25, 0.3) is 5.91 Å². The van der Waals surface area contributed by atoms with E-state index in [0.717, 1.165) is 5.56 Å². The molecule has 0 spiro atoms. The monoisotopic (exact) mass is 386 g/mol. The summed E-state index contributed by atoms with van der Waals surface area (Å²) in [6, 6.07) is 24.5. The van der Waals surface area contributed by atoms with Crippen molar-refractivity contribution < 1.29 is 14.4 Å². The van der Waals surface area contributed by atoms with Crippen molar-refractivity contribution in [3.05, 3.63) is 102 Å². The Labute approximate surface area is 169 Å². The van der Waals surface area contributed by atoms with Gasteiger partial charge in [0.05, 0.1) is 12.5 Å². The van der Waals surface area contributed by atoms with Crippen LogP contribution in [0.2, 0.25) is 0 Å². The summed E-state index contributed by atoms with van der Waals surface area (Å²) >= 11 is 0. The van der Waals surface area contributed by atoms with Crippen LogP contribution in [-0.2, 0) is 4.79 Å². The highest BCUT2D eigenvalue weighted by atomic mass is 16.2. The number of anilines is 1. The van der Waals surface area contributed by atoms with Crippen LogP contribution >= 0.6 is 0 Å². The molecule has 0 aliphatic carbocycles. The van der Waals surface area contributed by atoms with Gasteiger partial charge in [-0.3, -0.25) is 14.4 Å². The molecule has 3 aromatic carbocycles. The molecular formula is C24H22N2O3. The Hall–Kier alpha value is -3.73. The number of carbonyl (C=O) groups excluding carboxylic acids is 3. The topological polar surface area (TPSA) is 75.3 Å². The molecule has 2 N–H and O–H groups in total. The first-order chi connectivity index (χ1) is 14.0. The third-order valence-electron chi connectivity index (χ3n) is 4.49. The largest absolute Gasteiger partial charge is 0.345 e. The lowest BCUT2D eigenvalue weighted by Gasteiger charge is -2.19. The van der Waals surface area contributed by atoms with Crippen molar-refractivity contribution in [1.82, 2.24) is 5.32 Å². The first-order valence-electron chi connectivity index (χ1n) is 9.34. The van der Waals surface area contributed by atoms with E-state index in [1.54, 1.807) is 48.5 Å². The molecule has 1 unspecified atom stereocenters. The van der Waals surface area contributed by atoms with Crippen molar-refractivity contribution in [3.63, 3.8) is 0 Å². The number of nitrogens with one attached hydrogen (secondary N) is 2. The van der Waals surface area contributed by atoms with Crippen molar-refractivity contribution in [2.75, 3.05) is 5.32 Å². The van der Waals surface area contributed by atoms with E-state index in [1.807, 2.05) is 36.4 Å². The average Bonchev–Trinajstić information content (AvgIpc) is 2.74. The van der Waals surface area contributed by atoms with E-state index in [1.165, 1.54) is 6.92 Å². The summed E-state index contributed by atoms with van der Waals surface area (Å²) < 4.78 is 0. The van der Waals surface area contributed by atoms with Gasteiger partial charge in [0.15, 0.2) is 5.78 Å². The molecule has 3 aromatic rings. The lowest BCUT2D eigenvalue weighted by Crippen LogP contribution is -2.31. The van der Waals surface area contributed by atoms with Crippen molar-refractivity contribution >= 4 is 23.3 Å². The summed E-state index contributed by atoms with van der Waals surface area (Å²) in [6.45, 7) is 1.48. The van der Waals surface area contributed by atoms with Gasteiger partial charge in [-0.05, 0) is 36.8 Å². The second kappa shape index (κ2) is 9.46. The highest BCUT2D eigenvalue weighted by Crippen LogP contribution is 2.19. The Kier molecular flexibility index (Phi) is 6.53. The molecule has 29 heavy (non-hydrogen) atoms. The number of hydrogen-bond acceptors (Lipinski definition) is 3. The maximum absolute atomic E-state index is 12.6. The van der Waals surface area contributed by atoms with Gasteiger partial charge in [0.2, 0.25) is 5.91 Å². The molecule has 0 radical (unpaired) electrons. The number of carbonyl (C=O) groups is 3. The number of rotatable bonds is 7. The predicted octanol–water partition coefficient (Wildman–Crippen LogP) is 4.39. The molecule has 5 nitrogen and oxygen atoms in total. The number of ketones is 1. The number of Topliss-reactive ketones (excluding diaryl/α,β-unsaturated/α-hetero) is 1. The maximum Gasteiger partial charge on any atom is 0.251 e. The zero-order valence-corrected chi connectivity index (χ0v) is 16.1. The summed E-state index contributed by atoms with van der Waals surface area (Å²) in [6.07, 6.45) is 0.0624. The second-order valence-electron chi connectivity index (χ2n) is 6.69. The maximum atomic E-state index is 12.6. The molecule has 2 amide bonds. The number of amides is 2. The fourth-order valence-electron chi connectivity index (χ4n) is 2.98. The van der Waals surface area contributed by atoms with Crippen molar-refractivity contribution in [1.29, 1.82) is 0 Å². The SMILES string of the molecule is CC(=O)c1cccc(NC(=O)CC(NC(=O)c2ccccc2)c2ccccc2)c1. The molecule has 5 heteroatoms. The minimum absolute atomic E-state index is 0.0624. The first-order valence-corrected chi connectivity index (χ1v) is 9.34. The van der Waals surface area contributed by atoms with Gasteiger partial charge in [-0.25, -0.2) is 0 Å². The molecule has 3 rings (SSSR count). The van der Waals surface area contributed by atoms with Crippen LogP contribution in [0.1, 0.15) is 45.7 Å². The molecule has 0 aromatic heterocycles. The van der Waals surface area contributed by atoms with Crippen LogP contribution in [-0.4, -0.2) is 17.6 Å². The quantitative estimate of drug-likeness (QED) is 0.592. The predicted molar refractivity (Wildman–Crippen MR) is 113 cm³/mol. The lowest BCUT2D eigenvalue weighted by atomic mass is 10.0. The standard InChI is InChI=1S/C24H22N2O3/c1-17(27)20-13-8-14-21(15-20)25-23(28)16-22(18-9-4-2-5-10-18)26-24(29)19-11-6-3-7-12-19/h2-15,22H,16H2,1H3,(H,25,28)(H,26,29). The molecule has 0 fully saturated rings. The third kappa shape index (κ3) is 5.62. The summed E-state index contributed by atoms with van der Waals surface area (Å²) in [4.78, 5) is 36.8. The molecule has 0 aliphatic heterocycles. The molecule has 0 saturated heterocycles. The zero-order valence-electron chi connectivity index (χ0n) is 16.1. The van der Waals surface area contributed by atoms with Crippen LogP contribution in [0.5, 0.6) is 0 Å². The van der Waals surface area contributed by atoms with Crippen molar-refractivity contribution in [2.24, 2.45) is 0 Å². The van der Waals surface area contributed by atoms with Gasteiger partial charge in [0, 0.05) is 16.8 Å². The van der Waals surface area contributed by atoms with Crippen molar-refractivity contribution in [2.45, 2.75) is 19.4 Å².